The van der Waals surface area contributed by atoms with Crippen LogP contribution >= 0.6 is 0 Å². The van der Waals surface area contributed by atoms with Gasteiger partial charge in [0, 0.05) is 38.7 Å². The van der Waals surface area contributed by atoms with Gasteiger partial charge >= 0.3 is 0 Å². The average Bonchev–Trinajstić information content (AvgIpc) is 2.59. The number of rotatable bonds is 4. The second-order valence-corrected chi connectivity index (χ2v) is 5.13. The molecule has 1 saturated heterocycles. The molecule has 2 rings (SSSR count). The van der Waals surface area contributed by atoms with Gasteiger partial charge in [-0.05, 0) is 30.7 Å². The Labute approximate surface area is 118 Å². The first-order valence-electron chi connectivity index (χ1n) is 6.81. The molecule has 1 aromatic carbocycles. The molecule has 0 aromatic heterocycles. The fraction of sp³-hybridized carbons (Fsp3) is 0.467. The number of Topliss-reactive ketones (excluding diaryl/α,β-unsaturated/α-hetero) is 1. The fourth-order valence-corrected chi connectivity index (χ4v) is 2.28. The number of carbonyl (C=O) groups excluding carboxylic acids is 2. The highest BCUT2D eigenvalue weighted by Gasteiger charge is 2.19. The van der Waals surface area contributed by atoms with Gasteiger partial charge in [-0.1, -0.05) is 0 Å². The highest BCUT2D eigenvalue weighted by Crippen LogP contribution is 2.08. The Morgan fingerprint density at radius 2 is 1.95 bits per heavy atom. The van der Waals surface area contributed by atoms with Crippen molar-refractivity contribution in [2.45, 2.75) is 12.8 Å². The summed E-state index contributed by atoms with van der Waals surface area (Å²) < 4.78 is 12.8. The molecule has 108 valence electrons. The van der Waals surface area contributed by atoms with Crippen molar-refractivity contribution < 1.29 is 14.0 Å². The topological polar surface area (TPSA) is 40.6 Å². The molecule has 5 heteroatoms. The molecule has 1 heterocycles. The first kappa shape index (κ1) is 14.7. The second kappa shape index (κ2) is 6.61. The standard InChI is InChI=1S/C15H19FN2O2/c1-17-8-2-9-18(11-15(17)20)10-7-14(19)12-3-5-13(16)6-4-12/h3-6H,2,7-11H2,1H3. The van der Waals surface area contributed by atoms with E-state index in [1.807, 2.05) is 4.90 Å². The van der Waals surface area contributed by atoms with Crippen molar-refractivity contribution in [2.75, 3.05) is 33.2 Å². The van der Waals surface area contributed by atoms with Gasteiger partial charge < -0.3 is 4.90 Å². The van der Waals surface area contributed by atoms with Crippen LogP contribution in [0.1, 0.15) is 23.2 Å². The van der Waals surface area contributed by atoms with E-state index in [2.05, 4.69) is 0 Å². The second-order valence-electron chi connectivity index (χ2n) is 5.13. The van der Waals surface area contributed by atoms with Crippen LogP contribution in [0.2, 0.25) is 0 Å². The van der Waals surface area contributed by atoms with Crippen molar-refractivity contribution >= 4 is 11.7 Å². The lowest BCUT2D eigenvalue weighted by Crippen LogP contribution is -2.35. The highest BCUT2D eigenvalue weighted by molar-refractivity contribution is 5.96. The van der Waals surface area contributed by atoms with Crippen molar-refractivity contribution in [3.05, 3.63) is 35.6 Å². The summed E-state index contributed by atoms with van der Waals surface area (Å²) in [5, 5.41) is 0. The lowest BCUT2D eigenvalue weighted by Gasteiger charge is -2.18. The molecule has 1 aliphatic heterocycles. The van der Waals surface area contributed by atoms with Crippen LogP contribution in [0.4, 0.5) is 4.39 Å². The molecule has 0 atom stereocenters. The molecule has 1 aromatic rings. The average molecular weight is 278 g/mol. The minimum absolute atomic E-state index is 0.0185. The maximum atomic E-state index is 12.8. The quantitative estimate of drug-likeness (QED) is 0.785. The zero-order chi connectivity index (χ0) is 14.5. The molecular formula is C15H19FN2O2. The molecule has 1 aliphatic rings. The third-order valence-corrected chi connectivity index (χ3v) is 3.57. The summed E-state index contributed by atoms with van der Waals surface area (Å²) in [6.45, 7) is 2.52. The Morgan fingerprint density at radius 3 is 2.65 bits per heavy atom. The fourth-order valence-electron chi connectivity index (χ4n) is 2.28. The largest absolute Gasteiger partial charge is 0.345 e. The molecule has 0 spiro atoms. The van der Waals surface area contributed by atoms with Gasteiger partial charge in [-0.3, -0.25) is 14.5 Å². The van der Waals surface area contributed by atoms with E-state index in [4.69, 9.17) is 0 Å². The van der Waals surface area contributed by atoms with Gasteiger partial charge in [-0.15, -0.1) is 0 Å². The zero-order valence-corrected chi connectivity index (χ0v) is 11.6. The number of hydrogen-bond acceptors (Lipinski definition) is 3. The SMILES string of the molecule is CN1CCCN(CCC(=O)c2ccc(F)cc2)CC1=O. The van der Waals surface area contributed by atoms with E-state index < -0.39 is 0 Å². The van der Waals surface area contributed by atoms with Gasteiger partial charge in [-0.25, -0.2) is 4.39 Å². The number of halogens is 1. The van der Waals surface area contributed by atoms with Gasteiger partial charge in [0.1, 0.15) is 5.82 Å². The van der Waals surface area contributed by atoms with Gasteiger partial charge in [0.05, 0.1) is 6.54 Å². The predicted octanol–water partition coefficient (Wildman–Crippen LogP) is 1.56. The Bertz CT molecular complexity index is 487. The first-order valence-corrected chi connectivity index (χ1v) is 6.81. The van der Waals surface area contributed by atoms with Crippen LogP contribution in [0.25, 0.3) is 0 Å². The molecule has 0 N–H and O–H groups in total. The number of carbonyl (C=O) groups is 2. The summed E-state index contributed by atoms with van der Waals surface area (Å²) in [5.41, 5.74) is 0.518. The molecule has 0 radical (unpaired) electrons. The van der Waals surface area contributed by atoms with E-state index in [9.17, 15) is 14.0 Å². The van der Waals surface area contributed by atoms with Crippen LogP contribution < -0.4 is 0 Å². The van der Waals surface area contributed by atoms with Crippen molar-refractivity contribution in [3.63, 3.8) is 0 Å². The molecule has 0 bridgehead atoms. The maximum Gasteiger partial charge on any atom is 0.236 e. The molecule has 0 saturated carbocycles. The number of amides is 1. The molecule has 0 aliphatic carbocycles. The minimum Gasteiger partial charge on any atom is -0.345 e. The normalized spacial score (nSPS) is 17.1. The number of hydrogen-bond donors (Lipinski definition) is 0. The Hall–Kier alpha value is -1.75. The smallest absolute Gasteiger partial charge is 0.236 e. The summed E-state index contributed by atoms with van der Waals surface area (Å²) in [5.74, 6) is -0.269. The molecule has 0 unspecified atom stereocenters. The Kier molecular flexibility index (Phi) is 4.84. The lowest BCUT2D eigenvalue weighted by molar-refractivity contribution is -0.129. The van der Waals surface area contributed by atoms with Gasteiger partial charge in [0.2, 0.25) is 5.91 Å². The van der Waals surface area contributed by atoms with Crippen LogP contribution in [0.5, 0.6) is 0 Å². The van der Waals surface area contributed by atoms with E-state index in [1.54, 1.807) is 11.9 Å². The van der Waals surface area contributed by atoms with Crippen LogP contribution in [0.3, 0.4) is 0 Å². The monoisotopic (exact) mass is 278 g/mol. The number of likely N-dealkylation sites (N-methyl/N-ethyl adjacent to an activating group) is 1. The molecular weight excluding hydrogens is 259 g/mol. The van der Waals surface area contributed by atoms with Crippen LogP contribution in [-0.4, -0.2) is 54.7 Å². The highest BCUT2D eigenvalue weighted by atomic mass is 19.1. The Morgan fingerprint density at radius 1 is 1.25 bits per heavy atom. The van der Waals surface area contributed by atoms with E-state index in [-0.39, 0.29) is 17.5 Å². The zero-order valence-electron chi connectivity index (χ0n) is 11.6. The van der Waals surface area contributed by atoms with E-state index in [0.717, 1.165) is 19.5 Å². The summed E-state index contributed by atoms with van der Waals surface area (Å²) in [4.78, 5) is 27.5. The van der Waals surface area contributed by atoms with Crippen LogP contribution in [0.15, 0.2) is 24.3 Å². The van der Waals surface area contributed by atoms with E-state index >= 15 is 0 Å². The molecule has 1 amide bonds. The minimum atomic E-state index is -0.345. The van der Waals surface area contributed by atoms with Gasteiger partial charge in [0.15, 0.2) is 5.78 Å². The molecule has 1 fully saturated rings. The molecule has 20 heavy (non-hydrogen) atoms. The summed E-state index contributed by atoms with van der Waals surface area (Å²) in [7, 11) is 1.80. The van der Waals surface area contributed by atoms with Crippen LogP contribution in [0, 0.1) is 5.82 Å². The van der Waals surface area contributed by atoms with Crippen molar-refractivity contribution in [3.8, 4) is 0 Å². The maximum absolute atomic E-state index is 12.8. The number of nitrogens with zero attached hydrogens (tertiary/aromatic N) is 2. The van der Waals surface area contributed by atoms with Gasteiger partial charge in [0.25, 0.3) is 0 Å². The van der Waals surface area contributed by atoms with Crippen molar-refractivity contribution in [1.29, 1.82) is 0 Å². The van der Waals surface area contributed by atoms with E-state index in [1.165, 1.54) is 24.3 Å². The first-order chi connectivity index (χ1) is 9.56. The third-order valence-electron chi connectivity index (χ3n) is 3.57. The Balaban J connectivity index is 1.86. The van der Waals surface area contributed by atoms with Crippen molar-refractivity contribution in [1.82, 2.24) is 9.80 Å². The third kappa shape index (κ3) is 3.87. The number of ketones is 1. The summed E-state index contributed by atoms with van der Waals surface area (Å²) >= 11 is 0. The lowest BCUT2D eigenvalue weighted by atomic mass is 10.1. The van der Waals surface area contributed by atoms with Gasteiger partial charge in [-0.2, -0.15) is 0 Å². The van der Waals surface area contributed by atoms with Crippen LogP contribution in [-0.2, 0) is 4.79 Å². The van der Waals surface area contributed by atoms with E-state index in [0.29, 0.717) is 25.1 Å². The molecule has 4 nitrogen and oxygen atoms in total. The predicted molar refractivity (Wildman–Crippen MR) is 74.0 cm³/mol. The number of benzene rings is 1. The van der Waals surface area contributed by atoms with Crippen molar-refractivity contribution in [2.24, 2.45) is 0 Å². The summed E-state index contributed by atoms with van der Waals surface area (Å²) in [6.07, 6.45) is 1.27. The summed E-state index contributed by atoms with van der Waals surface area (Å²) in [6, 6.07) is 5.58.